The Morgan fingerprint density at radius 1 is 0.480 bits per heavy atom. The maximum atomic E-state index is 13.5. The molecule has 0 aromatic heterocycles. The molecule has 3 unspecified atom stereocenters. The molecule has 0 saturated carbocycles. The number of nitrogens with zero attached hydrogens (tertiary/aromatic N) is 1. The average Bonchev–Trinajstić information content (AvgIpc) is 3.37. The van der Waals surface area contributed by atoms with Gasteiger partial charge in [0.1, 0.15) is 19.3 Å². The zero-order valence-electron chi connectivity index (χ0n) is 48.7. The molecule has 1 amide bonds. The van der Waals surface area contributed by atoms with Gasteiger partial charge in [-0.3, -0.25) is 14.2 Å². The smallest absolute Gasteiger partial charge is 0.306 e. The highest BCUT2D eigenvalue weighted by atomic mass is 31.2. The first-order chi connectivity index (χ1) is 36.4. The fourth-order valence-electron chi connectivity index (χ4n) is 7.83. The molecule has 0 saturated heterocycles. The highest BCUT2D eigenvalue weighted by molar-refractivity contribution is 7.45. The van der Waals surface area contributed by atoms with Gasteiger partial charge in [0.25, 0.3) is 7.82 Å². The van der Waals surface area contributed by atoms with Crippen LogP contribution in [-0.4, -0.2) is 69.4 Å². The van der Waals surface area contributed by atoms with Crippen LogP contribution in [0, 0.1) is 0 Å². The zero-order chi connectivity index (χ0) is 55.0. The van der Waals surface area contributed by atoms with Crippen molar-refractivity contribution in [2.75, 3.05) is 40.9 Å². The van der Waals surface area contributed by atoms with Crippen molar-refractivity contribution in [2.45, 2.75) is 238 Å². The standard InChI is InChI=1S/C65H111N2O7P/c1-7-10-13-16-19-22-25-28-30-32-33-34-35-36-38-40-43-46-49-52-55-58-65(69)74-63(56-53-50-47-44-41-27-24-21-18-15-12-9-3)62(61-73-75(70,71)72-60-59-67(4,5)6)66-64(68)57-54-51-48-45-42-39-37-31-29-26-23-20-17-14-11-8-2/h10-11,13-14,19-20,22-23,28-31,33-34,36,38,43,46,53,56,62-63H,7-9,12,15-18,21,24-27,32,35,37,39-42,44-45,47-52,54-55,57-61H2,1-6H3,(H-,66,68,70,71)/b13-10-,14-11+,22-19-,23-20+,30-28-,31-29+,34-33-,38-36-,46-43-,56-53+. The van der Waals surface area contributed by atoms with Crippen molar-refractivity contribution < 1.29 is 37.3 Å². The van der Waals surface area contributed by atoms with Crippen LogP contribution >= 0.6 is 7.82 Å². The maximum Gasteiger partial charge on any atom is 0.306 e. The summed E-state index contributed by atoms with van der Waals surface area (Å²) in [7, 11) is 1.13. The molecule has 0 radical (unpaired) electrons. The number of ether oxygens (including phenoxy) is 1. The normalized spacial score (nSPS) is 14.6. The highest BCUT2D eigenvalue weighted by Crippen LogP contribution is 2.38. The number of phosphoric ester groups is 1. The van der Waals surface area contributed by atoms with Crippen LogP contribution in [-0.2, 0) is 27.9 Å². The summed E-state index contributed by atoms with van der Waals surface area (Å²) in [4.78, 5) is 39.9. The van der Waals surface area contributed by atoms with Crippen LogP contribution in [0.4, 0.5) is 0 Å². The summed E-state index contributed by atoms with van der Waals surface area (Å²) >= 11 is 0. The first-order valence-electron chi connectivity index (χ1n) is 29.8. The van der Waals surface area contributed by atoms with Crippen molar-refractivity contribution in [3.63, 3.8) is 0 Å². The Morgan fingerprint density at radius 2 is 0.853 bits per heavy atom. The van der Waals surface area contributed by atoms with Gasteiger partial charge in [-0.05, 0) is 115 Å². The van der Waals surface area contributed by atoms with Crippen molar-refractivity contribution in [1.29, 1.82) is 0 Å². The number of nitrogens with one attached hydrogen (secondary N) is 1. The molecule has 0 heterocycles. The van der Waals surface area contributed by atoms with Crippen LogP contribution in [0.1, 0.15) is 226 Å². The Labute approximate surface area is 461 Å². The highest BCUT2D eigenvalue weighted by Gasteiger charge is 2.27. The molecule has 0 aromatic carbocycles. The van der Waals surface area contributed by atoms with E-state index in [9.17, 15) is 19.0 Å². The summed E-state index contributed by atoms with van der Waals surface area (Å²) in [6.07, 6.45) is 74.5. The van der Waals surface area contributed by atoms with Crippen LogP contribution in [0.5, 0.6) is 0 Å². The average molecular weight is 1060 g/mol. The van der Waals surface area contributed by atoms with Gasteiger partial charge < -0.3 is 28.5 Å². The predicted octanol–water partition coefficient (Wildman–Crippen LogP) is 17.7. The van der Waals surface area contributed by atoms with E-state index in [0.29, 0.717) is 23.9 Å². The van der Waals surface area contributed by atoms with E-state index in [1.165, 1.54) is 51.4 Å². The minimum Gasteiger partial charge on any atom is -0.756 e. The largest absolute Gasteiger partial charge is 0.756 e. The quantitative estimate of drug-likeness (QED) is 0.0212. The third-order valence-electron chi connectivity index (χ3n) is 12.4. The molecule has 75 heavy (non-hydrogen) atoms. The zero-order valence-corrected chi connectivity index (χ0v) is 49.6. The molecule has 0 aliphatic carbocycles. The van der Waals surface area contributed by atoms with Crippen LogP contribution < -0.4 is 10.2 Å². The van der Waals surface area contributed by atoms with Crippen LogP contribution in [0.25, 0.3) is 0 Å². The Kier molecular flexibility index (Phi) is 51.2. The van der Waals surface area contributed by atoms with Crippen molar-refractivity contribution in [3.8, 4) is 0 Å². The van der Waals surface area contributed by atoms with E-state index in [1.807, 2.05) is 33.3 Å². The molecule has 0 aromatic rings. The number of quaternary nitrogens is 1. The molecule has 428 valence electrons. The van der Waals surface area contributed by atoms with Crippen LogP contribution in [0.2, 0.25) is 0 Å². The molecule has 3 atom stereocenters. The number of carbonyl (C=O) groups excluding carboxylic acids is 2. The lowest BCUT2D eigenvalue weighted by Crippen LogP contribution is -2.47. The third kappa shape index (κ3) is 55.0. The van der Waals surface area contributed by atoms with Gasteiger partial charge in [0, 0.05) is 12.8 Å². The molecule has 0 aliphatic rings. The molecule has 1 N–H and O–H groups in total. The second-order valence-corrected chi connectivity index (χ2v) is 22.1. The second kappa shape index (κ2) is 53.8. The van der Waals surface area contributed by atoms with Crippen molar-refractivity contribution in [1.82, 2.24) is 5.32 Å². The number of hydrogen-bond acceptors (Lipinski definition) is 7. The van der Waals surface area contributed by atoms with E-state index in [4.69, 9.17) is 13.8 Å². The van der Waals surface area contributed by atoms with Crippen molar-refractivity contribution in [2.24, 2.45) is 0 Å². The van der Waals surface area contributed by atoms with Gasteiger partial charge in [0.05, 0.1) is 33.8 Å². The lowest BCUT2D eigenvalue weighted by Gasteiger charge is -2.30. The summed E-state index contributed by atoms with van der Waals surface area (Å²) in [6.45, 7) is 6.55. The minimum absolute atomic E-state index is 0.0389. The minimum atomic E-state index is -4.72. The molecule has 0 aliphatic heterocycles. The summed E-state index contributed by atoms with van der Waals surface area (Å²) in [5.74, 6) is -0.616. The number of likely N-dealkylation sites (N-methyl/N-ethyl adjacent to an activating group) is 1. The number of hydrogen-bond donors (Lipinski definition) is 1. The number of esters is 1. The van der Waals surface area contributed by atoms with E-state index < -0.39 is 32.5 Å². The number of rotatable bonds is 52. The molecule has 0 rings (SSSR count). The van der Waals surface area contributed by atoms with Crippen LogP contribution in [0.15, 0.2) is 122 Å². The molecule has 0 bridgehead atoms. The fourth-order valence-corrected chi connectivity index (χ4v) is 8.55. The molecule has 0 spiro atoms. The molecule has 0 fully saturated rings. The number of phosphoric acid groups is 1. The SMILES string of the molecule is CC/C=C\C/C=C\C/C=C\C/C=C\C/C=C\C/C=C\CCCCC(=O)OC(/C=C/CCCCCCCCCCCC)C(COP(=O)([O-])OCC[N+](C)(C)C)NC(=O)CCCCCCCC/C=C/C/C=C/C/C=C/CC. The van der Waals surface area contributed by atoms with Gasteiger partial charge in [-0.2, -0.15) is 0 Å². The van der Waals surface area contributed by atoms with Gasteiger partial charge in [-0.1, -0.05) is 220 Å². The van der Waals surface area contributed by atoms with Crippen LogP contribution in [0.3, 0.4) is 0 Å². The molecular formula is C65H111N2O7P. The molecule has 10 heteroatoms. The Hall–Kier alpha value is -3.59. The third-order valence-corrected chi connectivity index (χ3v) is 13.4. The topological polar surface area (TPSA) is 114 Å². The van der Waals surface area contributed by atoms with Gasteiger partial charge >= 0.3 is 5.97 Å². The van der Waals surface area contributed by atoms with Gasteiger partial charge in [-0.25, -0.2) is 0 Å². The van der Waals surface area contributed by atoms with E-state index in [2.05, 4.69) is 135 Å². The predicted molar refractivity (Wildman–Crippen MR) is 320 cm³/mol. The number of carbonyl (C=O) groups is 2. The van der Waals surface area contributed by atoms with Gasteiger partial charge in [-0.15, -0.1) is 0 Å². The number of unbranched alkanes of at least 4 members (excludes halogenated alkanes) is 18. The van der Waals surface area contributed by atoms with Crippen molar-refractivity contribution in [3.05, 3.63) is 122 Å². The Bertz CT molecular complexity index is 1700. The molecule has 9 nitrogen and oxygen atoms in total. The fraction of sp³-hybridized carbons (Fsp3) is 0.662. The Morgan fingerprint density at radius 3 is 1.29 bits per heavy atom. The number of allylic oxidation sites excluding steroid dienone is 19. The first-order valence-corrected chi connectivity index (χ1v) is 31.3. The van der Waals surface area contributed by atoms with E-state index >= 15 is 0 Å². The van der Waals surface area contributed by atoms with Crippen molar-refractivity contribution >= 4 is 19.7 Å². The lowest BCUT2D eigenvalue weighted by molar-refractivity contribution is -0.870. The summed E-state index contributed by atoms with van der Waals surface area (Å²) in [5, 5.41) is 3.00. The monoisotopic (exact) mass is 1060 g/mol. The summed E-state index contributed by atoms with van der Waals surface area (Å²) in [6, 6.07) is -0.921. The molecular weight excluding hydrogens is 952 g/mol. The van der Waals surface area contributed by atoms with E-state index in [1.54, 1.807) is 0 Å². The Balaban J connectivity index is 5.41. The van der Waals surface area contributed by atoms with Gasteiger partial charge in [0.2, 0.25) is 5.91 Å². The maximum absolute atomic E-state index is 13.5. The van der Waals surface area contributed by atoms with E-state index in [0.717, 1.165) is 128 Å². The second-order valence-electron chi connectivity index (χ2n) is 20.7. The van der Waals surface area contributed by atoms with E-state index in [-0.39, 0.29) is 25.4 Å². The van der Waals surface area contributed by atoms with Gasteiger partial charge in [0.15, 0.2) is 0 Å². The first kappa shape index (κ1) is 71.4. The number of amides is 1. The lowest BCUT2D eigenvalue weighted by atomic mass is 10.0. The summed E-state index contributed by atoms with van der Waals surface area (Å²) in [5.41, 5.74) is 0. The summed E-state index contributed by atoms with van der Waals surface area (Å²) < 4.78 is 30.2.